The van der Waals surface area contributed by atoms with Crippen LogP contribution >= 0.6 is 11.3 Å². The van der Waals surface area contributed by atoms with E-state index in [4.69, 9.17) is 4.99 Å². The molecular formula is C23H33N5OS. The number of guanidine groups is 1. The number of thiophene rings is 1. The molecule has 0 fully saturated rings. The van der Waals surface area contributed by atoms with E-state index in [1.165, 1.54) is 11.1 Å². The summed E-state index contributed by atoms with van der Waals surface area (Å²) in [5, 5.41) is 14.1. The van der Waals surface area contributed by atoms with Crippen LogP contribution in [0.25, 0.3) is 0 Å². The van der Waals surface area contributed by atoms with Gasteiger partial charge in [0, 0.05) is 31.1 Å². The number of likely N-dealkylation sites (N-methyl/N-ethyl adjacent to an activating group) is 1. The summed E-state index contributed by atoms with van der Waals surface area (Å²) < 4.78 is 0. The van der Waals surface area contributed by atoms with Crippen LogP contribution in [0.2, 0.25) is 0 Å². The minimum absolute atomic E-state index is 0.0708. The molecule has 2 unspecified atom stereocenters. The zero-order valence-electron chi connectivity index (χ0n) is 18.1. The number of nitrogens with one attached hydrogen (secondary N) is 3. The average molecular weight is 428 g/mol. The van der Waals surface area contributed by atoms with Gasteiger partial charge in [0.1, 0.15) is 0 Å². The molecule has 1 aliphatic rings. The fourth-order valence-corrected chi connectivity index (χ4v) is 4.69. The van der Waals surface area contributed by atoms with Crippen LogP contribution < -0.4 is 16.0 Å². The molecule has 1 aliphatic heterocycles. The molecule has 2 aromatic rings. The molecule has 2 heterocycles. The quantitative estimate of drug-likeness (QED) is 0.420. The Morgan fingerprint density at radius 3 is 2.73 bits per heavy atom. The van der Waals surface area contributed by atoms with Crippen LogP contribution in [0, 0.1) is 0 Å². The van der Waals surface area contributed by atoms with Crippen LogP contribution in [-0.4, -0.2) is 49.5 Å². The van der Waals surface area contributed by atoms with Gasteiger partial charge in [0.25, 0.3) is 0 Å². The van der Waals surface area contributed by atoms with E-state index in [2.05, 4.69) is 64.5 Å². The zero-order valence-corrected chi connectivity index (χ0v) is 19.0. The Hall–Kier alpha value is -2.38. The molecule has 0 radical (unpaired) electrons. The van der Waals surface area contributed by atoms with Crippen LogP contribution in [0.3, 0.4) is 0 Å². The fraction of sp³-hybridized carbons (Fsp3) is 0.478. The molecule has 2 atom stereocenters. The van der Waals surface area contributed by atoms with Crippen LogP contribution in [0.5, 0.6) is 0 Å². The maximum absolute atomic E-state index is 12.1. The lowest BCUT2D eigenvalue weighted by Gasteiger charge is -2.29. The Bertz CT molecular complexity index is 832. The van der Waals surface area contributed by atoms with Gasteiger partial charge in [0.2, 0.25) is 5.91 Å². The molecule has 1 aromatic carbocycles. The van der Waals surface area contributed by atoms with E-state index in [9.17, 15) is 4.79 Å². The van der Waals surface area contributed by atoms with E-state index in [0.717, 1.165) is 31.3 Å². The summed E-state index contributed by atoms with van der Waals surface area (Å²) in [6, 6.07) is 10.5. The Labute approximate surface area is 183 Å². The number of aliphatic imine (C=N–C) groups is 1. The summed E-state index contributed by atoms with van der Waals surface area (Å²) >= 11 is 1.73. The minimum atomic E-state index is 0.0708. The molecule has 0 bridgehead atoms. The van der Waals surface area contributed by atoms with Crippen molar-refractivity contribution in [3.63, 3.8) is 0 Å². The van der Waals surface area contributed by atoms with Crippen LogP contribution in [0.4, 0.5) is 5.69 Å². The van der Waals surface area contributed by atoms with Crippen LogP contribution in [0.1, 0.15) is 50.3 Å². The van der Waals surface area contributed by atoms with Gasteiger partial charge in [-0.15, -0.1) is 0 Å². The third-order valence-electron chi connectivity index (χ3n) is 5.57. The summed E-state index contributed by atoms with van der Waals surface area (Å²) in [4.78, 5) is 19.4. The molecule has 1 amide bonds. The van der Waals surface area contributed by atoms with Crippen molar-refractivity contribution in [1.29, 1.82) is 0 Å². The standard InChI is InChI=1S/C23H33N5OS/c1-4-24-23(26-15-21(28(5-2)6-3)17-11-12-30-16-17)25-14-18-13-22(29)27-20-10-8-7-9-19(18)20/h7-12,16,18,21H,4-6,13-15H2,1-3H3,(H,27,29)(H2,24,25,26). The Morgan fingerprint density at radius 2 is 2.03 bits per heavy atom. The van der Waals surface area contributed by atoms with Gasteiger partial charge in [-0.1, -0.05) is 32.0 Å². The van der Waals surface area contributed by atoms with Gasteiger partial charge in [-0.3, -0.25) is 14.7 Å². The van der Waals surface area contributed by atoms with Gasteiger partial charge in [-0.2, -0.15) is 11.3 Å². The van der Waals surface area contributed by atoms with Crippen LogP contribution in [-0.2, 0) is 4.79 Å². The molecule has 0 spiro atoms. The first-order valence-electron chi connectivity index (χ1n) is 10.8. The Kier molecular flexibility index (Phi) is 8.28. The second kappa shape index (κ2) is 11.1. The fourth-order valence-electron chi connectivity index (χ4n) is 3.98. The van der Waals surface area contributed by atoms with Gasteiger partial charge in [0.05, 0.1) is 12.6 Å². The van der Waals surface area contributed by atoms with Gasteiger partial charge < -0.3 is 16.0 Å². The predicted molar refractivity (Wildman–Crippen MR) is 126 cm³/mol. The largest absolute Gasteiger partial charge is 0.357 e. The number of para-hydroxylation sites is 1. The molecular weight excluding hydrogens is 394 g/mol. The van der Waals surface area contributed by atoms with Crippen molar-refractivity contribution in [2.24, 2.45) is 4.99 Å². The number of amides is 1. The minimum Gasteiger partial charge on any atom is -0.357 e. The first-order chi connectivity index (χ1) is 14.7. The molecule has 162 valence electrons. The summed E-state index contributed by atoms with van der Waals surface area (Å²) in [6.07, 6.45) is 0.487. The maximum Gasteiger partial charge on any atom is 0.225 e. The van der Waals surface area contributed by atoms with Crippen molar-refractivity contribution < 1.29 is 4.79 Å². The normalized spacial score (nSPS) is 17.4. The molecule has 6 nitrogen and oxygen atoms in total. The highest BCUT2D eigenvalue weighted by Crippen LogP contribution is 2.31. The van der Waals surface area contributed by atoms with Crippen LogP contribution in [0.15, 0.2) is 46.1 Å². The number of carbonyl (C=O) groups excluding carboxylic acids is 1. The van der Waals surface area contributed by atoms with Gasteiger partial charge in [0.15, 0.2) is 5.96 Å². The highest BCUT2D eigenvalue weighted by atomic mass is 32.1. The molecule has 3 N–H and O–H groups in total. The SMILES string of the molecule is CCNC(=NCC(c1ccsc1)N(CC)CC)NCC1CC(=O)Nc2ccccc21. The van der Waals surface area contributed by atoms with Gasteiger partial charge >= 0.3 is 0 Å². The number of fused-ring (bicyclic) bond motifs is 1. The third-order valence-corrected chi connectivity index (χ3v) is 6.27. The number of hydrogen-bond donors (Lipinski definition) is 3. The van der Waals surface area contributed by atoms with Gasteiger partial charge in [-0.05, 0) is 54.0 Å². The predicted octanol–water partition coefficient (Wildman–Crippen LogP) is 3.81. The topological polar surface area (TPSA) is 68.8 Å². The first-order valence-corrected chi connectivity index (χ1v) is 11.8. The monoisotopic (exact) mass is 427 g/mol. The molecule has 3 rings (SSSR count). The number of benzene rings is 1. The van der Waals surface area contributed by atoms with E-state index in [0.29, 0.717) is 19.5 Å². The van der Waals surface area contributed by atoms with Crippen molar-refractivity contribution in [3.05, 3.63) is 52.2 Å². The number of hydrogen-bond acceptors (Lipinski definition) is 4. The lowest BCUT2D eigenvalue weighted by Crippen LogP contribution is -2.41. The second-order valence-electron chi connectivity index (χ2n) is 7.43. The maximum atomic E-state index is 12.1. The lowest BCUT2D eigenvalue weighted by molar-refractivity contribution is -0.116. The smallest absolute Gasteiger partial charge is 0.225 e. The number of carbonyl (C=O) groups is 1. The summed E-state index contributed by atoms with van der Waals surface area (Å²) in [5.41, 5.74) is 3.42. The number of rotatable bonds is 9. The molecule has 0 saturated heterocycles. The molecule has 0 aliphatic carbocycles. The van der Waals surface area contributed by atoms with Crippen molar-refractivity contribution in [2.75, 3.05) is 38.0 Å². The highest BCUT2D eigenvalue weighted by molar-refractivity contribution is 7.08. The Morgan fingerprint density at radius 1 is 1.23 bits per heavy atom. The molecule has 1 aromatic heterocycles. The number of nitrogens with zero attached hydrogens (tertiary/aromatic N) is 2. The average Bonchev–Trinajstić information content (AvgIpc) is 3.29. The van der Waals surface area contributed by atoms with Crippen molar-refractivity contribution in [1.82, 2.24) is 15.5 Å². The van der Waals surface area contributed by atoms with E-state index in [1.54, 1.807) is 11.3 Å². The van der Waals surface area contributed by atoms with E-state index in [1.807, 2.05) is 18.2 Å². The van der Waals surface area contributed by atoms with Gasteiger partial charge in [-0.25, -0.2) is 0 Å². The number of anilines is 1. The van der Waals surface area contributed by atoms with E-state index < -0.39 is 0 Å². The van der Waals surface area contributed by atoms with Crippen molar-refractivity contribution in [3.8, 4) is 0 Å². The molecule has 30 heavy (non-hydrogen) atoms. The lowest BCUT2D eigenvalue weighted by atomic mass is 9.90. The Balaban J connectivity index is 1.71. The van der Waals surface area contributed by atoms with Crippen molar-refractivity contribution >= 4 is 28.9 Å². The molecule has 7 heteroatoms. The summed E-state index contributed by atoms with van der Waals surface area (Å²) in [5.74, 6) is 1.00. The van der Waals surface area contributed by atoms with E-state index in [-0.39, 0.29) is 17.9 Å². The third kappa shape index (κ3) is 5.61. The summed E-state index contributed by atoms with van der Waals surface area (Å²) in [6.45, 7) is 10.6. The first kappa shape index (κ1) is 22.3. The second-order valence-corrected chi connectivity index (χ2v) is 8.21. The highest BCUT2D eigenvalue weighted by Gasteiger charge is 2.25. The van der Waals surface area contributed by atoms with E-state index >= 15 is 0 Å². The molecule has 0 saturated carbocycles. The van der Waals surface area contributed by atoms with Crippen molar-refractivity contribution in [2.45, 2.75) is 39.2 Å². The zero-order chi connectivity index (χ0) is 21.3. The summed E-state index contributed by atoms with van der Waals surface area (Å²) in [7, 11) is 0.